The standard InChI is InChI=1S/C11H16O.2C2H6/c1-3-4-9-12-11-7-5-10(2)6-8-11;2*1-2/h5-8H,3-4,9H2,1-2H3;2*1-2H3. The monoisotopic (exact) mass is 224 g/mol. The van der Waals surface area contributed by atoms with Crippen molar-refractivity contribution in [2.75, 3.05) is 6.61 Å². The van der Waals surface area contributed by atoms with E-state index in [1.54, 1.807) is 0 Å². The largest absolute Gasteiger partial charge is 0.494 e. The molecule has 0 unspecified atom stereocenters. The maximum atomic E-state index is 5.50. The highest BCUT2D eigenvalue weighted by atomic mass is 16.5. The number of aryl methyl sites for hydroxylation is 1. The van der Waals surface area contributed by atoms with Gasteiger partial charge in [0.05, 0.1) is 6.61 Å². The van der Waals surface area contributed by atoms with Crippen LogP contribution >= 0.6 is 0 Å². The van der Waals surface area contributed by atoms with Gasteiger partial charge in [-0.3, -0.25) is 0 Å². The second kappa shape index (κ2) is 14.0. The Balaban J connectivity index is 0. The number of benzene rings is 1. The van der Waals surface area contributed by atoms with Crippen molar-refractivity contribution in [1.29, 1.82) is 0 Å². The van der Waals surface area contributed by atoms with Gasteiger partial charge < -0.3 is 4.74 Å². The number of unbranched alkanes of at least 4 members (excludes halogenated alkanes) is 1. The highest BCUT2D eigenvalue weighted by Crippen LogP contribution is 2.11. The van der Waals surface area contributed by atoms with Gasteiger partial charge in [0.25, 0.3) is 0 Å². The van der Waals surface area contributed by atoms with E-state index < -0.39 is 0 Å². The van der Waals surface area contributed by atoms with Crippen LogP contribution < -0.4 is 4.74 Å². The molecule has 0 radical (unpaired) electrons. The summed E-state index contributed by atoms with van der Waals surface area (Å²) in [6, 6.07) is 8.18. The van der Waals surface area contributed by atoms with Gasteiger partial charge in [0.1, 0.15) is 5.75 Å². The Hall–Kier alpha value is -0.980. The summed E-state index contributed by atoms with van der Waals surface area (Å²) in [5.41, 5.74) is 1.28. The highest BCUT2D eigenvalue weighted by Gasteiger charge is 1.90. The molecule has 1 aromatic rings. The summed E-state index contributed by atoms with van der Waals surface area (Å²) in [7, 11) is 0. The van der Waals surface area contributed by atoms with Gasteiger partial charge >= 0.3 is 0 Å². The Morgan fingerprint density at radius 1 is 0.938 bits per heavy atom. The smallest absolute Gasteiger partial charge is 0.119 e. The lowest BCUT2D eigenvalue weighted by atomic mass is 10.2. The first kappa shape index (κ1) is 17.4. The first-order valence-corrected chi connectivity index (χ1v) is 6.52. The van der Waals surface area contributed by atoms with Crippen molar-refractivity contribution in [1.82, 2.24) is 0 Å². The summed E-state index contributed by atoms with van der Waals surface area (Å²) < 4.78 is 5.50. The van der Waals surface area contributed by atoms with Gasteiger partial charge in [-0.05, 0) is 25.5 Å². The van der Waals surface area contributed by atoms with E-state index in [9.17, 15) is 0 Å². The number of rotatable bonds is 4. The first-order chi connectivity index (χ1) is 7.83. The minimum atomic E-state index is 0.833. The van der Waals surface area contributed by atoms with Gasteiger partial charge in [-0.1, -0.05) is 58.7 Å². The van der Waals surface area contributed by atoms with Crippen LogP contribution in [0.4, 0.5) is 0 Å². The predicted molar refractivity (Wildman–Crippen MR) is 74.3 cm³/mol. The third-order valence-electron chi connectivity index (χ3n) is 1.79. The molecule has 0 saturated heterocycles. The molecule has 0 atom stereocenters. The zero-order chi connectivity index (χ0) is 12.8. The first-order valence-electron chi connectivity index (χ1n) is 6.52. The quantitative estimate of drug-likeness (QED) is 0.637. The molecule has 0 bridgehead atoms. The Morgan fingerprint density at radius 3 is 1.88 bits per heavy atom. The number of hydrogen-bond acceptors (Lipinski definition) is 1. The molecule has 0 aliphatic heterocycles. The molecule has 0 heterocycles. The second-order valence-electron chi connectivity index (χ2n) is 3.02. The summed E-state index contributed by atoms with van der Waals surface area (Å²) in [4.78, 5) is 0. The van der Waals surface area contributed by atoms with Crippen LogP contribution in [0.2, 0.25) is 0 Å². The molecular formula is C15H28O. The minimum absolute atomic E-state index is 0.833. The normalized spacial score (nSPS) is 8.12. The topological polar surface area (TPSA) is 9.23 Å². The fraction of sp³-hybridized carbons (Fsp3) is 0.600. The summed E-state index contributed by atoms with van der Waals surface area (Å²) in [6.07, 6.45) is 2.32. The second-order valence-corrected chi connectivity index (χ2v) is 3.02. The van der Waals surface area contributed by atoms with E-state index in [0.717, 1.165) is 18.8 Å². The molecule has 1 aromatic carbocycles. The fourth-order valence-corrected chi connectivity index (χ4v) is 0.969. The van der Waals surface area contributed by atoms with Gasteiger partial charge in [-0.25, -0.2) is 0 Å². The lowest BCUT2D eigenvalue weighted by Gasteiger charge is -2.04. The van der Waals surface area contributed by atoms with Gasteiger partial charge in [-0.15, -0.1) is 0 Å². The lowest BCUT2D eigenvalue weighted by Crippen LogP contribution is -1.95. The fourth-order valence-electron chi connectivity index (χ4n) is 0.969. The molecule has 0 aromatic heterocycles. The van der Waals surface area contributed by atoms with Gasteiger partial charge in [0.15, 0.2) is 0 Å². The van der Waals surface area contributed by atoms with E-state index in [0.29, 0.717) is 0 Å². The summed E-state index contributed by atoms with van der Waals surface area (Å²) >= 11 is 0. The van der Waals surface area contributed by atoms with Gasteiger partial charge in [-0.2, -0.15) is 0 Å². The van der Waals surface area contributed by atoms with Crippen LogP contribution in [0.3, 0.4) is 0 Å². The molecule has 0 fully saturated rings. The summed E-state index contributed by atoms with van der Waals surface area (Å²) in [5, 5.41) is 0. The van der Waals surface area contributed by atoms with Crippen molar-refractivity contribution >= 4 is 0 Å². The van der Waals surface area contributed by atoms with Crippen LogP contribution in [0.25, 0.3) is 0 Å². The third kappa shape index (κ3) is 9.57. The van der Waals surface area contributed by atoms with Crippen molar-refractivity contribution in [3.05, 3.63) is 29.8 Å². The molecular weight excluding hydrogens is 196 g/mol. The van der Waals surface area contributed by atoms with E-state index in [1.807, 2.05) is 39.8 Å². The number of ether oxygens (including phenoxy) is 1. The van der Waals surface area contributed by atoms with Crippen molar-refractivity contribution in [3.63, 3.8) is 0 Å². The zero-order valence-electron chi connectivity index (χ0n) is 11.8. The predicted octanol–water partition coefficient (Wildman–Crippen LogP) is 5.23. The van der Waals surface area contributed by atoms with Crippen LogP contribution in [0.15, 0.2) is 24.3 Å². The highest BCUT2D eigenvalue weighted by molar-refractivity contribution is 5.26. The van der Waals surface area contributed by atoms with Crippen LogP contribution in [-0.2, 0) is 0 Å². The SMILES string of the molecule is CC.CC.CCCCOc1ccc(C)cc1. The van der Waals surface area contributed by atoms with E-state index in [2.05, 4.69) is 26.0 Å². The maximum Gasteiger partial charge on any atom is 0.119 e. The molecule has 1 heteroatoms. The molecule has 0 N–H and O–H groups in total. The summed E-state index contributed by atoms with van der Waals surface area (Å²) in [6.45, 7) is 13.1. The average molecular weight is 224 g/mol. The van der Waals surface area contributed by atoms with Crippen molar-refractivity contribution in [3.8, 4) is 5.75 Å². The third-order valence-corrected chi connectivity index (χ3v) is 1.79. The molecule has 0 amide bonds. The van der Waals surface area contributed by atoms with Crippen LogP contribution in [0.5, 0.6) is 5.75 Å². The van der Waals surface area contributed by atoms with E-state index in [1.165, 1.54) is 12.0 Å². The molecule has 1 rings (SSSR count). The van der Waals surface area contributed by atoms with Crippen molar-refractivity contribution in [2.24, 2.45) is 0 Å². The molecule has 0 aliphatic rings. The van der Waals surface area contributed by atoms with Crippen LogP contribution in [0, 0.1) is 6.92 Å². The number of hydrogen-bond donors (Lipinski definition) is 0. The van der Waals surface area contributed by atoms with Crippen LogP contribution in [0.1, 0.15) is 53.0 Å². The zero-order valence-corrected chi connectivity index (χ0v) is 11.8. The molecule has 0 spiro atoms. The summed E-state index contributed by atoms with van der Waals surface area (Å²) in [5.74, 6) is 0.981. The molecule has 1 nitrogen and oxygen atoms in total. The van der Waals surface area contributed by atoms with E-state index in [4.69, 9.17) is 4.74 Å². The van der Waals surface area contributed by atoms with E-state index >= 15 is 0 Å². The van der Waals surface area contributed by atoms with Crippen molar-refractivity contribution < 1.29 is 4.74 Å². The van der Waals surface area contributed by atoms with E-state index in [-0.39, 0.29) is 0 Å². The van der Waals surface area contributed by atoms with Crippen LogP contribution in [-0.4, -0.2) is 6.61 Å². The molecule has 0 saturated carbocycles. The Morgan fingerprint density at radius 2 is 1.44 bits per heavy atom. The van der Waals surface area contributed by atoms with Gasteiger partial charge in [0.2, 0.25) is 0 Å². The Kier molecular flexibility index (Phi) is 15.3. The molecule has 94 valence electrons. The maximum absolute atomic E-state index is 5.50. The Labute approximate surface area is 102 Å². The minimum Gasteiger partial charge on any atom is -0.494 e. The lowest BCUT2D eigenvalue weighted by molar-refractivity contribution is 0.309. The van der Waals surface area contributed by atoms with Crippen molar-refractivity contribution in [2.45, 2.75) is 54.4 Å². The average Bonchev–Trinajstić information content (AvgIpc) is 2.37. The Bertz CT molecular complexity index is 213. The molecule has 0 aliphatic carbocycles. The molecule has 16 heavy (non-hydrogen) atoms. The van der Waals surface area contributed by atoms with Gasteiger partial charge in [0, 0.05) is 0 Å².